The van der Waals surface area contributed by atoms with Gasteiger partial charge in [0.15, 0.2) is 0 Å². The first kappa shape index (κ1) is 12.9. The highest BCUT2D eigenvalue weighted by Crippen LogP contribution is 2.32. The van der Waals surface area contributed by atoms with Crippen LogP contribution in [0.15, 0.2) is 0 Å². The van der Waals surface area contributed by atoms with Gasteiger partial charge in [0.25, 0.3) is 0 Å². The fourth-order valence-corrected chi connectivity index (χ4v) is 3.56. The number of hydrogen-bond donors (Lipinski definition) is 1. The van der Waals surface area contributed by atoms with Crippen LogP contribution in [0.3, 0.4) is 0 Å². The lowest BCUT2D eigenvalue weighted by Crippen LogP contribution is -2.51. The Bertz CT molecular complexity index is 274. The molecule has 2 atom stereocenters. The number of amides is 1. The van der Waals surface area contributed by atoms with Gasteiger partial charge in [0, 0.05) is 24.0 Å². The van der Waals surface area contributed by atoms with Gasteiger partial charge in [-0.2, -0.15) is 0 Å². The second-order valence-electron chi connectivity index (χ2n) is 6.18. The smallest absolute Gasteiger partial charge is 0.224 e. The predicted octanol–water partition coefficient (Wildman–Crippen LogP) is 2.44. The zero-order valence-corrected chi connectivity index (χ0v) is 11.2. The molecule has 2 N–H and O–H groups in total. The quantitative estimate of drug-likeness (QED) is 0.803. The third-order valence-electron chi connectivity index (χ3n) is 4.58. The number of carbonyl (C=O) groups is 1. The highest BCUT2D eigenvalue weighted by atomic mass is 16.2. The van der Waals surface area contributed by atoms with Crippen molar-refractivity contribution in [3.8, 4) is 0 Å². The summed E-state index contributed by atoms with van der Waals surface area (Å²) in [5, 5.41) is 0. The normalized spacial score (nSPS) is 32.8. The van der Waals surface area contributed by atoms with Gasteiger partial charge in [0.2, 0.25) is 5.91 Å². The van der Waals surface area contributed by atoms with E-state index in [4.69, 9.17) is 5.73 Å². The van der Waals surface area contributed by atoms with Crippen LogP contribution >= 0.6 is 0 Å². The molecule has 0 aromatic heterocycles. The number of nitrogens with two attached hydrogens (primary N) is 1. The lowest BCUT2D eigenvalue weighted by Gasteiger charge is -2.40. The van der Waals surface area contributed by atoms with E-state index >= 15 is 0 Å². The van der Waals surface area contributed by atoms with Crippen LogP contribution in [0.1, 0.15) is 65.2 Å². The highest BCUT2D eigenvalue weighted by Gasteiger charge is 2.36. The number of piperidine rings is 1. The summed E-state index contributed by atoms with van der Waals surface area (Å²) in [5.41, 5.74) is 6.11. The topological polar surface area (TPSA) is 46.3 Å². The number of nitrogens with zero attached hydrogens (tertiary/aromatic N) is 1. The number of likely N-dealkylation sites (tertiary alicyclic amines) is 1. The Balaban J connectivity index is 1.98. The molecule has 1 saturated heterocycles. The van der Waals surface area contributed by atoms with Gasteiger partial charge in [-0.3, -0.25) is 4.79 Å². The van der Waals surface area contributed by atoms with Crippen LogP contribution in [0.5, 0.6) is 0 Å². The fourth-order valence-electron chi connectivity index (χ4n) is 3.56. The van der Waals surface area contributed by atoms with E-state index in [1.54, 1.807) is 0 Å². The Morgan fingerprint density at radius 1 is 1.18 bits per heavy atom. The van der Waals surface area contributed by atoms with Crippen LogP contribution in [0, 0.1) is 0 Å². The second-order valence-corrected chi connectivity index (χ2v) is 6.18. The average molecular weight is 238 g/mol. The molecule has 0 aromatic rings. The zero-order valence-electron chi connectivity index (χ0n) is 11.2. The van der Waals surface area contributed by atoms with Crippen molar-refractivity contribution in [3.05, 3.63) is 0 Å². The molecule has 0 radical (unpaired) electrons. The maximum atomic E-state index is 12.4. The van der Waals surface area contributed by atoms with Gasteiger partial charge in [-0.1, -0.05) is 12.8 Å². The molecule has 98 valence electrons. The largest absolute Gasteiger partial charge is 0.337 e. The molecule has 1 heterocycles. The van der Waals surface area contributed by atoms with Gasteiger partial charge in [0.05, 0.1) is 0 Å². The van der Waals surface area contributed by atoms with Crippen molar-refractivity contribution in [1.82, 2.24) is 4.90 Å². The third kappa shape index (κ3) is 2.82. The number of rotatable bonds is 2. The van der Waals surface area contributed by atoms with Crippen molar-refractivity contribution in [2.45, 2.75) is 82.8 Å². The summed E-state index contributed by atoms with van der Waals surface area (Å²) in [6.45, 7) is 4.34. The Labute approximate surface area is 105 Å². The molecule has 1 aliphatic carbocycles. The van der Waals surface area contributed by atoms with Crippen LogP contribution in [-0.2, 0) is 4.79 Å². The molecule has 17 heavy (non-hydrogen) atoms. The van der Waals surface area contributed by atoms with Crippen molar-refractivity contribution >= 4 is 5.91 Å². The first-order chi connectivity index (χ1) is 8.02. The van der Waals surface area contributed by atoms with Crippen molar-refractivity contribution < 1.29 is 4.79 Å². The lowest BCUT2D eigenvalue weighted by molar-refractivity contribution is -0.138. The van der Waals surface area contributed by atoms with Crippen LogP contribution in [0.25, 0.3) is 0 Å². The van der Waals surface area contributed by atoms with Gasteiger partial charge in [0.1, 0.15) is 0 Å². The van der Waals surface area contributed by atoms with Gasteiger partial charge in [-0.25, -0.2) is 0 Å². The Morgan fingerprint density at radius 3 is 2.24 bits per heavy atom. The molecule has 2 fully saturated rings. The fraction of sp³-hybridized carbons (Fsp3) is 0.929. The minimum absolute atomic E-state index is 0.200. The monoisotopic (exact) mass is 238 g/mol. The van der Waals surface area contributed by atoms with Crippen molar-refractivity contribution in [1.29, 1.82) is 0 Å². The molecule has 1 amide bonds. The van der Waals surface area contributed by atoms with E-state index in [-0.39, 0.29) is 11.4 Å². The average Bonchev–Trinajstić information content (AvgIpc) is 2.64. The van der Waals surface area contributed by atoms with Crippen molar-refractivity contribution in [2.24, 2.45) is 5.73 Å². The van der Waals surface area contributed by atoms with E-state index in [0.717, 1.165) is 25.7 Å². The summed E-state index contributed by atoms with van der Waals surface area (Å²) in [5.74, 6) is 0.286. The SMILES string of the molecule is CC1CCCC(C)N1C(=O)CC1(N)CCCC1. The first-order valence-electron chi connectivity index (χ1n) is 7.12. The molecular weight excluding hydrogens is 212 g/mol. The second kappa shape index (κ2) is 4.97. The summed E-state index contributed by atoms with van der Waals surface area (Å²) in [6, 6.07) is 0.799. The molecule has 2 aliphatic rings. The molecule has 0 spiro atoms. The lowest BCUT2D eigenvalue weighted by atomic mass is 9.91. The van der Waals surface area contributed by atoms with Crippen LogP contribution < -0.4 is 5.73 Å². The van der Waals surface area contributed by atoms with E-state index in [1.165, 1.54) is 19.3 Å². The molecule has 2 rings (SSSR count). The van der Waals surface area contributed by atoms with Crippen LogP contribution in [0.2, 0.25) is 0 Å². The van der Waals surface area contributed by atoms with E-state index < -0.39 is 0 Å². The van der Waals surface area contributed by atoms with E-state index in [9.17, 15) is 4.79 Å². The predicted molar refractivity (Wildman–Crippen MR) is 69.6 cm³/mol. The van der Waals surface area contributed by atoms with E-state index in [0.29, 0.717) is 18.5 Å². The first-order valence-corrected chi connectivity index (χ1v) is 7.12. The standard InChI is InChI=1S/C14H26N2O/c1-11-6-5-7-12(2)16(11)13(17)10-14(15)8-3-4-9-14/h11-12H,3-10,15H2,1-2H3. The molecule has 0 aromatic carbocycles. The number of hydrogen-bond acceptors (Lipinski definition) is 2. The van der Waals surface area contributed by atoms with Crippen molar-refractivity contribution in [3.63, 3.8) is 0 Å². The van der Waals surface area contributed by atoms with E-state index in [1.807, 2.05) is 0 Å². The van der Waals surface area contributed by atoms with Crippen LogP contribution in [-0.4, -0.2) is 28.4 Å². The highest BCUT2D eigenvalue weighted by molar-refractivity contribution is 5.78. The molecule has 1 saturated carbocycles. The maximum absolute atomic E-state index is 12.4. The maximum Gasteiger partial charge on any atom is 0.224 e. The molecule has 3 nitrogen and oxygen atoms in total. The summed E-state index contributed by atoms with van der Waals surface area (Å²) in [6.07, 6.45) is 8.53. The minimum atomic E-state index is -0.200. The van der Waals surface area contributed by atoms with E-state index in [2.05, 4.69) is 18.7 Å². The van der Waals surface area contributed by atoms with Gasteiger partial charge in [-0.05, 0) is 46.0 Å². The zero-order chi connectivity index (χ0) is 12.5. The summed E-state index contributed by atoms with van der Waals surface area (Å²) in [4.78, 5) is 14.5. The van der Waals surface area contributed by atoms with Crippen molar-refractivity contribution in [2.75, 3.05) is 0 Å². The summed E-state index contributed by atoms with van der Waals surface area (Å²) in [7, 11) is 0. The molecular formula is C14H26N2O. The van der Waals surface area contributed by atoms with Crippen LogP contribution in [0.4, 0.5) is 0 Å². The van der Waals surface area contributed by atoms with Gasteiger partial charge < -0.3 is 10.6 Å². The summed E-state index contributed by atoms with van der Waals surface area (Å²) >= 11 is 0. The Kier molecular flexibility index (Phi) is 3.76. The van der Waals surface area contributed by atoms with Gasteiger partial charge >= 0.3 is 0 Å². The molecule has 0 bridgehead atoms. The molecule has 1 aliphatic heterocycles. The molecule has 3 heteroatoms. The van der Waals surface area contributed by atoms with Gasteiger partial charge in [-0.15, -0.1) is 0 Å². The molecule has 2 unspecified atom stereocenters. The minimum Gasteiger partial charge on any atom is -0.337 e. The Hall–Kier alpha value is -0.570. The Morgan fingerprint density at radius 2 is 1.71 bits per heavy atom. The third-order valence-corrected chi connectivity index (χ3v) is 4.58. The summed E-state index contributed by atoms with van der Waals surface area (Å²) < 4.78 is 0. The number of carbonyl (C=O) groups excluding carboxylic acids is 1.